The van der Waals surface area contributed by atoms with Gasteiger partial charge in [0.2, 0.25) is 5.28 Å². The Kier molecular flexibility index (Phi) is 3.44. The monoisotopic (exact) mass is 237 g/mol. The van der Waals surface area contributed by atoms with Gasteiger partial charge in [0, 0.05) is 23.8 Å². The highest BCUT2D eigenvalue weighted by molar-refractivity contribution is 6.28. The molecule has 0 bridgehead atoms. The summed E-state index contributed by atoms with van der Waals surface area (Å²) in [5.74, 6) is 0. The molecule has 0 aromatic carbocycles. The van der Waals surface area contributed by atoms with E-state index in [-0.39, 0.29) is 0 Å². The van der Waals surface area contributed by atoms with Gasteiger partial charge in [-0.05, 0) is 31.0 Å². The number of unbranched alkanes of at least 4 members (excludes halogenated alkanes) is 1. The predicted octanol–water partition coefficient (Wildman–Crippen LogP) is 3.84. The first-order valence-electron chi connectivity index (χ1n) is 5.71. The van der Waals surface area contributed by atoms with Crippen LogP contribution in [-0.2, 0) is 0 Å². The zero-order valence-electron chi connectivity index (χ0n) is 9.65. The maximum atomic E-state index is 5.82. The van der Waals surface area contributed by atoms with Crippen LogP contribution in [-0.4, -0.2) is 14.5 Å². The number of aromatic nitrogens is 3. The van der Waals surface area contributed by atoms with E-state index in [4.69, 9.17) is 11.6 Å². The quantitative estimate of drug-likeness (QED) is 0.757. The molecule has 0 N–H and O–H groups in total. The van der Waals surface area contributed by atoms with Crippen molar-refractivity contribution in [3.05, 3.63) is 23.7 Å². The SMILES string of the molecule is CCCCC(C)n1ccc2cnc(Cl)nc21. The lowest BCUT2D eigenvalue weighted by Crippen LogP contribution is -2.04. The van der Waals surface area contributed by atoms with Gasteiger partial charge in [0.15, 0.2) is 0 Å². The Balaban J connectivity index is 2.33. The Morgan fingerprint density at radius 1 is 1.50 bits per heavy atom. The van der Waals surface area contributed by atoms with E-state index in [1.807, 2.05) is 6.07 Å². The van der Waals surface area contributed by atoms with E-state index in [2.05, 4.69) is 34.6 Å². The lowest BCUT2D eigenvalue weighted by Gasteiger charge is -2.13. The number of nitrogens with zero attached hydrogens (tertiary/aromatic N) is 3. The predicted molar refractivity (Wildman–Crippen MR) is 66.8 cm³/mol. The van der Waals surface area contributed by atoms with Crippen LogP contribution in [0.2, 0.25) is 5.28 Å². The molecule has 1 unspecified atom stereocenters. The molecule has 0 aliphatic heterocycles. The third-order valence-corrected chi connectivity index (χ3v) is 3.06. The summed E-state index contributed by atoms with van der Waals surface area (Å²) in [7, 11) is 0. The second-order valence-electron chi connectivity index (χ2n) is 4.13. The second kappa shape index (κ2) is 4.83. The first-order chi connectivity index (χ1) is 7.72. The molecule has 16 heavy (non-hydrogen) atoms. The van der Waals surface area contributed by atoms with Gasteiger partial charge in [-0.1, -0.05) is 19.8 Å². The van der Waals surface area contributed by atoms with E-state index in [0.29, 0.717) is 11.3 Å². The van der Waals surface area contributed by atoms with Crippen LogP contribution < -0.4 is 0 Å². The molecule has 0 aliphatic rings. The summed E-state index contributed by atoms with van der Waals surface area (Å²) in [6.07, 6.45) is 7.46. The molecule has 86 valence electrons. The van der Waals surface area contributed by atoms with Crippen molar-refractivity contribution in [2.75, 3.05) is 0 Å². The Morgan fingerprint density at radius 3 is 3.06 bits per heavy atom. The van der Waals surface area contributed by atoms with Crippen LogP contribution in [0, 0.1) is 0 Å². The summed E-state index contributed by atoms with van der Waals surface area (Å²) >= 11 is 5.82. The number of fused-ring (bicyclic) bond motifs is 1. The van der Waals surface area contributed by atoms with E-state index in [1.54, 1.807) is 6.20 Å². The lowest BCUT2D eigenvalue weighted by molar-refractivity contribution is 0.496. The summed E-state index contributed by atoms with van der Waals surface area (Å²) in [5, 5.41) is 1.36. The average Bonchev–Trinajstić information content (AvgIpc) is 2.68. The molecule has 2 rings (SSSR count). The highest BCUT2D eigenvalue weighted by Gasteiger charge is 2.09. The van der Waals surface area contributed by atoms with E-state index >= 15 is 0 Å². The zero-order chi connectivity index (χ0) is 11.5. The molecule has 2 aromatic heterocycles. The van der Waals surface area contributed by atoms with Crippen molar-refractivity contribution >= 4 is 22.6 Å². The van der Waals surface area contributed by atoms with Gasteiger partial charge < -0.3 is 4.57 Å². The molecule has 1 atom stereocenters. The van der Waals surface area contributed by atoms with Crippen LogP contribution in [0.4, 0.5) is 0 Å². The first-order valence-corrected chi connectivity index (χ1v) is 6.09. The van der Waals surface area contributed by atoms with Gasteiger partial charge in [0.1, 0.15) is 5.65 Å². The van der Waals surface area contributed by atoms with Gasteiger partial charge in [-0.15, -0.1) is 0 Å². The molecular formula is C12H16ClN3. The maximum absolute atomic E-state index is 5.82. The summed E-state index contributed by atoms with van der Waals surface area (Å²) in [5.41, 5.74) is 0.934. The molecule has 2 heterocycles. The van der Waals surface area contributed by atoms with E-state index in [1.165, 1.54) is 19.3 Å². The highest BCUT2D eigenvalue weighted by atomic mass is 35.5. The topological polar surface area (TPSA) is 30.7 Å². The Labute approximate surface area is 100 Å². The minimum Gasteiger partial charge on any atom is -0.330 e. The molecule has 0 fully saturated rings. The molecule has 3 nitrogen and oxygen atoms in total. The van der Waals surface area contributed by atoms with E-state index in [9.17, 15) is 0 Å². The summed E-state index contributed by atoms with van der Waals surface area (Å²) < 4.78 is 2.18. The minimum absolute atomic E-state index is 0.315. The number of hydrogen-bond acceptors (Lipinski definition) is 2. The van der Waals surface area contributed by atoms with Crippen molar-refractivity contribution in [1.29, 1.82) is 0 Å². The molecule has 0 spiro atoms. The Morgan fingerprint density at radius 2 is 2.31 bits per heavy atom. The largest absolute Gasteiger partial charge is 0.330 e. The van der Waals surface area contributed by atoms with Crippen LogP contribution >= 0.6 is 11.6 Å². The van der Waals surface area contributed by atoms with Crippen LogP contribution in [0.25, 0.3) is 11.0 Å². The van der Waals surface area contributed by atoms with Crippen molar-refractivity contribution < 1.29 is 0 Å². The van der Waals surface area contributed by atoms with Gasteiger partial charge >= 0.3 is 0 Å². The summed E-state index contributed by atoms with van der Waals surface area (Å²) in [6, 6.07) is 2.50. The van der Waals surface area contributed by atoms with Crippen molar-refractivity contribution in [2.45, 2.75) is 39.2 Å². The third kappa shape index (κ3) is 2.19. The fraction of sp³-hybridized carbons (Fsp3) is 0.500. The molecule has 0 aliphatic carbocycles. The fourth-order valence-corrected chi connectivity index (χ4v) is 2.04. The smallest absolute Gasteiger partial charge is 0.224 e. The summed E-state index contributed by atoms with van der Waals surface area (Å²) in [6.45, 7) is 4.42. The standard InChI is InChI=1S/C12H16ClN3/c1-3-4-5-9(2)16-7-6-10-8-14-12(13)15-11(10)16/h6-9H,3-5H2,1-2H3. The second-order valence-corrected chi connectivity index (χ2v) is 4.47. The molecule has 0 saturated carbocycles. The maximum Gasteiger partial charge on any atom is 0.224 e. The third-order valence-electron chi connectivity index (χ3n) is 2.88. The van der Waals surface area contributed by atoms with Gasteiger partial charge in [-0.2, -0.15) is 4.98 Å². The Bertz CT molecular complexity index is 478. The summed E-state index contributed by atoms with van der Waals surface area (Å²) in [4.78, 5) is 8.27. The van der Waals surface area contributed by atoms with E-state index in [0.717, 1.165) is 11.0 Å². The number of rotatable bonds is 4. The molecular weight excluding hydrogens is 222 g/mol. The fourth-order valence-electron chi connectivity index (χ4n) is 1.91. The molecule has 0 amide bonds. The number of hydrogen-bond donors (Lipinski definition) is 0. The zero-order valence-corrected chi connectivity index (χ0v) is 10.4. The Hall–Kier alpha value is -1.09. The molecule has 0 radical (unpaired) electrons. The normalized spacial score (nSPS) is 13.2. The first kappa shape index (κ1) is 11.4. The van der Waals surface area contributed by atoms with Crippen LogP contribution in [0.5, 0.6) is 0 Å². The van der Waals surface area contributed by atoms with E-state index < -0.39 is 0 Å². The minimum atomic E-state index is 0.315. The van der Waals surface area contributed by atoms with Gasteiger partial charge in [0.05, 0.1) is 0 Å². The van der Waals surface area contributed by atoms with Crippen molar-refractivity contribution in [1.82, 2.24) is 14.5 Å². The van der Waals surface area contributed by atoms with Crippen molar-refractivity contribution in [2.24, 2.45) is 0 Å². The van der Waals surface area contributed by atoms with Crippen LogP contribution in [0.1, 0.15) is 39.2 Å². The van der Waals surface area contributed by atoms with Crippen molar-refractivity contribution in [3.63, 3.8) is 0 Å². The molecule has 4 heteroatoms. The van der Waals surface area contributed by atoms with Crippen LogP contribution in [0.15, 0.2) is 18.5 Å². The van der Waals surface area contributed by atoms with Gasteiger partial charge in [0.25, 0.3) is 0 Å². The molecule has 0 saturated heterocycles. The lowest BCUT2D eigenvalue weighted by atomic mass is 10.1. The van der Waals surface area contributed by atoms with Crippen LogP contribution in [0.3, 0.4) is 0 Å². The van der Waals surface area contributed by atoms with Gasteiger partial charge in [-0.3, -0.25) is 0 Å². The number of halogens is 1. The van der Waals surface area contributed by atoms with Crippen molar-refractivity contribution in [3.8, 4) is 0 Å². The van der Waals surface area contributed by atoms with Gasteiger partial charge in [-0.25, -0.2) is 4.98 Å². The average molecular weight is 238 g/mol. The highest BCUT2D eigenvalue weighted by Crippen LogP contribution is 2.22. The molecule has 2 aromatic rings.